The van der Waals surface area contributed by atoms with E-state index in [2.05, 4.69) is 22.4 Å². The summed E-state index contributed by atoms with van der Waals surface area (Å²) >= 11 is 4.63. The van der Waals surface area contributed by atoms with Gasteiger partial charge in [-0.3, -0.25) is 0 Å². The predicted molar refractivity (Wildman–Crippen MR) is 73.9 cm³/mol. The van der Waals surface area contributed by atoms with Gasteiger partial charge in [-0.25, -0.2) is 8.78 Å². The third-order valence-electron chi connectivity index (χ3n) is 2.70. The molecular formula is C12H17F2N3S. The Morgan fingerprint density at radius 2 is 2.06 bits per heavy atom. The minimum absolute atomic E-state index is 0.0706. The van der Waals surface area contributed by atoms with Gasteiger partial charge in [-0.15, -0.1) is 0 Å². The Balaban J connectivity index is 2.74. The molecule has 0 saturated carbocycles. The van der Waals surface area contributed by atoms with Crippen molar-refractivity contribution >= 4 is 22.9 Å². The number of rotatable bonds is 6. The van der Waals surface area contributed by atoms with Gasteiger partial charge in [0.05, 0.1) is 5.69 Å². The van der Waals surface area contributed by atoms with Crippen LogP contribution in [0.3, 0.4) is 0 Å². The summed E-state index contributed by atoms with van der Waals surface area (Å²) in [7, 11) is 1.95. The molecule has 0 unspecified atom stereocenters. The molecule has 0 spiro atoms. The number of nitrogens with one attached hydrogen (secondary N) is 1. The highest BCUT2D eigenvalue weighted by Gasteiger charge is 2.14. The van der Waals surface area contributed by atoms with E-state index in [1.54, 1.807) is 0 Å². The van der Waals surface area contributed by atoms with Crippen molar-refractivity contribution in [1.29, 1.82) is 0 Å². The normalized spacial score (nSPS) is 10.7. The summed E-state index contributed by atoms with van der Waals surface area (Å²) in [5, 5.41) is 2.84. The molecule has 0 saturated heterocycles. The number of hydrogen-bond donors (Lipinski definition) is 2. The molecule has 0 heterocycles. The van der Waals surface area contributed by atoms with Gasteiger partial charge in [0, 0.05) is 18.7 Å². The zero-order chi connectivity index (χ0) is 13.7. The van der Waals surface area contributed by atoms with Gasteiger partial charge in [0.2, 0.25) is 0 Å². The third kappa shape index (κ3) is 3.61. The van der Waals surface area contributed by atoms with Gasteiger partial charge in [-0.1, -0.05) is 19.1 Å². The summed E-state index contributed by atoms with van der Waals surface area (Å²) in [6.45, 7) is 4.21. The summed E-state index contributed by atoms with van der Waals surface area (Å²) in [6.07, 6.45) is 0. The number of anilines is 1. The lowest BCUT2D eigenvalue weighted by molar-refractivity contribution is 0.366. The van der Waals surface area contributed by atoms with Crippen molar-refractivity contribution in [3.63, 3.8) is 0 Å². The van der Waals surface area contributed by atoms with Gasteiger partial charge in [0.25, 0.3) is 0 Å². The molecule has 1 aromatic carbocycles. The summed E-state index contributed by atoms with van der Waals surface area (Å²) in [5.74, 6) is -1.95. The van der Waals surface area contributed by atoms with Crippen LogP contribution < -0.4 is 11.1 Å². The Labute approximate surface area is 111 Å². The molecule has 1 rings (SSSR count). The quantitative estimate of drug-likeness (QED) is 0.778. The maximum atomic E-state index is 13.7. The molecule has 6 heteroatoms. The molecule has 0 atom stereocenters. The Kier molecular flexibility index (Phi) is 5.43. The average molecular weight is 273 g/mol. The van der Waals surface area contributed by atoms with Crippen molar-refractivity contribution < 1.29 is 8.78 Å². The number of thiocarbonyl (C=S) groups is 1. The highest BCUT2D eigenvalue weighted by atomic mass is 32.1. The Morgan fingerprint density at radius 3 is 2.61 bits per heavy atom. The first kappa shape index (κ1) is 14.8. The molecular weight excluding hydrogens is 256 g/mol. The van der Waals surface area contributed by atoms with Crippen LogP contribution in [0.2, 0.25) is 0 Å². The predicted octanol–water partition coefficient (Wildman–Crippen LogP) is 1.96. The smallest absolute Gasteiger partial charge is 0.182 e. The highest BCUT2D eigenvalue weighted by molar-refractivity contribution is 7.80. The van der Waals surface area contributed by atoms with Crippen LogP contribution in [-0.2, 0) is 0 Å². The molecule has 3 N–H and O–H groups in total. The van der Waals surface area contributed by atoms with E-state index < -0.39 is 11.6 Å². The van der Waals surface area contributed by atoms with E-state index in [0.717, 1.165) is 13.1 Å². The highest BCUT2D eigenvalue weighted by Crippen LogP contribution is 2.20. The lowest BCUT2D eigenvalue weighted by atomic mass is 10.2. The van der Waals surface area contributed by atoms with E-state index in [0.29, 0.717) is 6.54 Å². The van der Waals surface area contributed by atoms with Gasteiger partial charge in [-0.05, 0) is 25.7 Å². The number of nitrogens with zero attached hydrogens (tertiary/aromatic N) is 1. The lowest BCUT2D eigenvalue weighted by Gasteiger charge is -2.15. The molecule has 100 valence electrons. The summed E-state index contributed by atoms with van der Waals surface area (Å²) in [4.78, 5) is 1.91. The van der Waals surface area contributed by atoms with Gasteiger partial charge in [0.1, 0.15) is 4.99 Å². The first-order valence-corrected chi connectivity index (χ1v) is 6.08. The maximum Gasteiger partial charge on any atom is 0.182 e. The van der Waals surface area contributed by atoms with Crippen LogP contribution in [0, 0.1) is 11.6 Å². The van der Waals surface area contributed by atoms with Gasteiger partial charge in [0.15, 0.2) is 11.6 Å². The van der Waals surface area contributed by atoms with Crippen LogP contribution in [0.5, 0.6) is 0 Å². The number of benzene rings is 1. The van der Waals surface area contributed by atoms with Crippen molar-refractivity contribution in [2.45, 2.75) is 6.92 Å². The van der Waals surface area contributed by atoms with Gasteiger partial charge in [-0.2, -0.15) is 0 Å². The van der Waals surface area contributed by atoms with Crippen LogP contribution in [0.1, 0.15) is 12.5 Å². The van der Waals surface area contributed by atoms with Crippen molar-refractivity contribution in [3.8, 4) is 0 Å². The van der Waals surface area contributed by atoms with E-state index >= 15 is 0 Å². The molecule has 0 amide bonds. The third-order valence-corrected chi connectivity index (χ3v) is 2.92. The number of likely N-dealkylation sites (N-methyl/N-ethyl adjacent to an activating group) is 1. The van der Waals surface area contributed by atoms with Gasteiger partial charge >= 0.3 is 0 Å². The second kappa shape index (κ2) is 6.61. The lowest BCUT2D eigenvalue weighted by Crippen LogP contribution is -2.25. The molecule has 1 aromatic rings. The van der Waals surface area contributed by atoms with Crippen LogP contribution >= 0.6 is 12.2 Å². The van der Waals surface area contributed by atoms with E-state index in [1.165, 1.54) is 12.1 Å². The van der Waals surface area contributed by atoms with Crippen molar-refractivity contribution in [3.05, 3.63) is 29.3 Å². The standard InChI is InChI=1S/C12H17F2N3S/c1-3-17(2)7-6-16-9-5-4-8(12(15)18)10(13)11(9)14/h4-5,16H,3,6-7H2,1-2H3,(H2,15,18). The molecule has 0 bridgehead atoms. The molecule has 0 aliphatic carbocycles. The molecule has 0 fully saturated rings. The molecule has 0 aliphatic heterocycles. The second-order valence-electron chi connectivity index (χ2n) is 3.98. The minimum Gasteiger partial charge on any atom is -0.389 e. The Morgan fingerprint density at radius 1 is 1.39 bits per heavy atom. The average Bonchev–Trinajstić information content (AvgIpc) is 2.33. The second-order valence-corrected chi connectivity index (χ2v) is 4.42. The summed E-state index contributed by atoms with van der Waals surface area (Å²) in [6, 6.07) is 2.82. The molecule has 0 radical (unpaired) electrons. The maximum absolute atomic E-state index is 13.7. The number of halogens is 2. The Hall–Kier alpha value is -1.27. The van der Waals surface area contributed by atoms with Gasteiger partial charge < -0.3 is 16.0 Å². The number of hydrogen-bond acceptors (Lipinski definition) is 3. The van der Waals surface area contributed by atoms with Crippen molar-refractivity contribution in [2.75, 3.05) is 32.0 Å². The SMILES string of the molecule is CCN(C)CCNc1ccc(C(N)=S)c(F)c1F. The van der Waals surface area contributed by atoms with Crippen molar-refractivity contribution in [2.24, 2.45) is 5.73 Å². The first-order chi connectivity index (χ1) is 8.47. The summed E-state index contributed by atoms with van der Waals surface area (Å²) < 4.78 is 27.2. The number of nitrogens with two attached hydrogens (primary N) is 1. The van der Waals surface area contributed by atoms with Crippen LogP contribution in [0.25, 0.3) is 0 Å². The van der Waals surface area contributed by atoms with Crippen LogP contribution in [-0.4, -0.2) is 36.6 Å². The van der Waals surface area contributed by atoms with Crippen LogP contribution in [0.4, 0.5) is 14.5 Å². The van der Waals surface area contributed by atoms with Crippen LogP contribution in [0.15, 0.2) is 12.1 Å². The minimum atomic E-state index is -1.00. The van der Waals surface area contributed by atoms with E-state index in [9.17, 15) is 8.78 Å². The fourth-order valence-corrected chi connectivity index (χ4v) is 1.57. The first-order valence-electron chi connectivity index (χ1n) is 5.67. The zero-order valence-corrected chi connectivity index (χ0v) is 11.3. The topological polar surface area (TPSA) is 41.3 Å². The van der Waals surface area contributed by atoms with Crippen molar-refractivity contribution in [1.82, 2.24) is 4.90 Å². The monoisotopic (exact) mass is 273 g/mol. The fourth-order valence-electron chi connectivity index (χ4n) is 1.42. The van der Waals surface area contributed by atoms with E-state index in [4.69, 9.17) is 5.73 Å². The molecule has 0 aliphatic rings. The summed E-state index contributed by atoms with van der Waals surface area (Å²) in [5.41, 5.74) is 5.34. The molecule has 18 heavy (non-hydrogen) atoms. The van der Waals surface area contributed by atoms with E-state index in [-0.39, 0.29) is 16.2 Å². The zero-order valence-electron chi connectivity index (χ0n) is 10.5. The van der Waals surface area contributed by atoms with E-state index in [1.807, 2.05) is 14.0 Å². The fraction of sp³-hybridized carbons (Fsp3) is 0.417. The Bertz CT molecular complexity index is 438. The largest absolute Gasteiger partial charge is 0.389 e. The molecule has 0 aromatic heterocycles. The molecule has 3 nitrogen and oxygen atoms in total.